The van der Waals surface area contributed by atoms with Crippen molar-refractivity contribution < 1.29 is 14.0 Å². The molecule has 0 radical (unpaired) electrons. The minimum atomic E-state index is -0.956. The van der Waals surface area contributed by atoms with E-state index in [1.54, 1.807) is 30.5 Å². The van der Waals surface area contributed by atoms with Crippen molar-refractivity contribution in [2.24, 2.45) is 0 Å². The third kappa shape index (κ3) is 3.16. The summed E-state index contributed by atoms with van der Waals surface area (Å²) in [6.07, 6.45) is 1.59. The van der Waals surface area contributed by atoms with E-state index in [0.29, 0.717) is 11.2 Å². The number of para-hydroxylation sites is 2. The number of amides is 2. The number of fused-ring (bicyclic) bond motifs is 1. The van der Waals surface area contributed by atoms with Gasteiger partial charge in [0, 0.05) is 11.6 Å². The van der Waals surface area contributed by atoms with Crippen LogP contribution in [-0.4, -0.2) is 16.8 Å². The Balaban J connectivity index is 1.78. The fourth-order valence-electron chi connectivity index (χ4n) is 2.13. The van der Waals surface area contributed by atoms with Gasteiger partial charge in [0.15, 0.2) is 0 Å². The summed E-state index contributed by atoms with van der Waals surface area (Å²) in [5, 5.41) is 5.55. The molecule has 0 atom stereocenters. The molecule has 0 bridgehead atoms. The van der Waals surface area contributed by atoms with Gasteiger partial charge in [-0.25, -0.2) is 4.39 Å². The molecule has 0 saturated carbocycles. The van der Waals surface area contributed by atoms with Crippen molar-refractivity contribution in [3.8, 4) is 0 Å². The highest BCUT2D eigenvalue weighted by Crippen LogP contribution is 2.20. The highest BCUT2D eigenvalue weighted by atomic mass is 19.1. The Hall–Kier alpha value is -3.28. The highest BCUT2D eigenvalue weighted by molar-refractivity contribution is 6.44. The molecule has 1 aromatic heterocycles. The van der Waals surface area contributed by atoms with Crippen LogP contribution in [0.25, 0.3) is 10.9 Å². The van der Waals surface area contributed by atoms with E-state index in [1.807, 2.05) is 12.1 Å². The zero-order chi connectivity index (χ0) is 16.2. The normalized spacial score (nSPS) is 10.3. The summed E-state index contributed by atoms with van der Waals surface area (Å²) in [5.74, 6) is -2.46. The van der Waals surface area contributed by atoms with E-state index < -0.39 is 17.6 Å². The van der Waals surface area contributed by atoms with Gasteiger partial charge in [-0.2, -0.15) is 0 Å². The van der Waals surface area contributed by atoms with Gasteiger partial charge in [0.05, 0.1) is 16.9 Å². The van der Waals surface area contributed by atoms with Gasteiger partial charge >= 0.3 is 11.8 Å². The molecule has 2 aromatic carbocycles. The summed E-state index contributed by atoms with van der Waals surface area (Å²) in [6, 6.07) is 14.5. The van der Waals surface area contributed by atoms with Gasteiger partial charge in [-0.15, -0.1) is 0 Å². The number of anilines is 2. The molecule has 6 heteroatoms. The van der Waals surface area contributed by atoms with Crippen LogP contribution in [0.5, 0.6) is 0 Å². The minimum absolute atomic E-state index is 0.0521. The number of carbonyl (C=O) groups excluding carboxylic acids is 2. The number of hydrogen-bond donors (Lipinski definition) is 2. The van der Waals surface area contributed by atoms with Crippen molar-refractivity contribution in [1.82, 2.24) is 4.98 Å². The maximum atomic E-state index is 13.5. The van der Waals surface area contributed by atoms with Crippen molar-refractivity contribution in [3.63, 3.8) is 0 Å². The molecule has 1 heterocycles. The first-order chi connectivity index (χ1) is 11.1. The standard InChI is InChI=1S/C17H12FN3O2/c18-12-7-1-2-8-13(12)20-16(22)17(23)21-14-9-3-5-11-6-4-10-19-15(11)14/h1-10H,(H,20,22)(H,21,23). The zero-order valence-corrected chi connectivity index (χ0v) is 11.9. The number of nitrogens with one attached hydrogen (secondary N) is 2. The van der Waals surface area contributed by atoms with Gasteiger partial charge in [-0.1, -0.05) is 30.3 Å². The zero-order valence-electron chi connectivity index (χ0n) is 11.9. The monoisotopic (exact) mass is 309 g/mol. The van der Waals surface area contributed by atoms with E-state index in [0.717, 1.165) is 5.39 Å². The Morgan fingerprint density at radius 1 is 0.826 bits per heavy atom. The number of benzene rings is 2. The molecule has 0 aliphatic rings. The SMILES string of the molecule is O=C(Nc1ccccc1F)C(=O)Nc1cccc2cccnc12. The molecule has 23 heavy (non-hydrogen) atoms. The van der Waals surface area contributed by atoms with Crippen molar-refractivity contribution >= 4 is 34.1 Å². The number of pyridine rings is 1. The Kier molecular flexibility index (Phi) is 3.97. The maximum Gasteiger partial charge on any atom is 0.314 e. The largest absolute Gasteiger partial charge is 0.316 e. The highest BCUT2D eigenvalue weighted by Gasteiger charge is 2.16. The number of rotatable bonds is 2. The maximum absolute atomic E-state index is 13.5. The number of hydrogen-bond acceptors (Lipinski definition) is 3. The topological polar surface area (TPSA) is 71.1 Å². The van der Waals surface area contributed by atoms with Gasteiger partial charge in [-0.05, 0) is 24.3 Å². The minimum Gasteiger partial charge on any atom is -0.316 e. The van der Waals surface area contributed by atoms with Gasteiger partial charge in [0.25, 0.3) is 0 Å². The molecule has 0 aliphatic carbocycles. The fourth-order valence-corrected chi connectivity index (χ4v) is 2.13. The number of aromatic nitrogens is 1. The quantitative estimate of drug-likeness (QED) is 0.715. The van der Waals surface area contributed by atoms with Crippen molar-refractivity contribution in [1.29, 1.82) is 0 Å². The van der Waals surface area contributed by atoms with Gasteiger partial charge in [0.1, 0.15) is 5.82 Å². The molecule has 3 aromatic rings. The number of nitrogens with zero attached hydrogens (tertiary/aromatic N) is 1. The van der Waals surface area contributed by atoms with E-state index in [9.17, 15) is 14.0 Å². The van der Waals surface area contributed by atoms with E-state index in [4.69, 9.17) is 0 Å². The van der Waals surface area contributed by atoms with Crippen LogP contribution in [0.1, 0.15) is 0 Å². The van der Waals surface area contributed by atoms with Crippen LogP contribution in [0.2, 0.25) is 0 Å². The Morgan fingerprint density at radius 2 is 1.48 bits per heavy atom. The average molecular weight is 309 g/mol. The number of halogens is 1. The second-order valence-electron chi connectivity index (χ2n) is 4.77. The number of carbonyl (C=O) groups is 2. The smallest absolute Gasteiger partial charge is 0.314 e. The van der Waals surface area contributed by atoms with Gasteiger partial charge in [-0.3, -0.25) is 14.6 Å². The Morgan fingerprint density at radius 3 is 2.26 bits per heavy atom. The predicted octanol–water partition coefficient (Wildman–Crippen LogP) is 2.95. The van der Waals surface area contributed by atoms with E-state index in [2.05, 4.69) is 15.6 Å². The van der Waals surface area contributed by atoms with E-state index in [1.165, 1.54) is 18.2 Å². The molecule has 5 nitrogen and oxygen atoms in total. The molecular weight excluding hydrogens is 297 g/mol. The molecule has 114 valence electrons. The lowest BCUT2D eigenvalue weighted by Gasteiger charge is -2.08. The van der Waals surface area contributed by atoms with Crippen molar-refractivity contribution in [2.75, 3.05) is 10.6 Å². The third-order valence-corrected chi connectivity index (χ3v) is 3.21. The Labute approximate surface area is 131 Å². The summed E-state index contributed by atoms with van der Waals surface area (Å²) >= 11 is 0. The first-order valence-electron chi connectivity index (χ1n) is 6.86. The lowest BCUT2D eigenvalue weighted by atomic mass is 10.2. The van der Waals surface area contributed by atoms with Gasteiger partial charge in [0.2, 0.25) is 0 Å². The average Bonchev–Trinajstić information content (AvgIpc) is 2.57. The van der Waals surface area contributed by atoms with Crippen LogP contribution in [0.3, 0.4) is 0 Å². The molecule has 0 unspecified atom stereocenters. The fraction of sp³-hybridized carbons (Fsp3) is 0. The third-order valence-electron chi connectivity index (χ3n) is 3.21. The van der Waals surface area contributed by atoms with Crippen molar-refractivity contribution in [2.45, 2.75) is 0 Å². The lowest BCUT2D eigenvalue weighted by Crippen LogP contribution is -2.29. The molecule has 0 aliphatic heterocycles. The molecule has 3 rings (SSSR count). The van der Waals surface area contributed by atoms with E-state index >= 15 is 0 Å². The summed E-state index contributed by atoms with van der Waals surface area (Å²) < 4.78 is 13.5. The van der Waals surface area contributed by atoms with Gasteiger partial charge < -0.3 is 10.6 Å². The summed E-state index contributed by atoms with van der Waals surface area (Å²) in [4.78, 5) is 28.1. The Bertz CT molecular complexity index is 890. The molecular formula is C17H12FN3O2. The summed E-state index contributed by atoms with van der Waals surface area (Å²) in [7, 11) is 0. The van der Waals surface area contributed by atoms with Crippen LogP contribution < -0.4 is 10.6 Å². The molecule has 2 N–H and O–H groups in total. The molecule has 2 amide bonds. The second kappa shape index (κ2) is 6.23. The van der Waals surface area contributed by atoms with Crippen molar-refractivity contribution in [3.05, 3.63) is 66.6 Å². The summed E-state index contributed by atoms with van der Waals surface area (Å²) in [6.45, 7) is 0. The second-order valence-corrected chi connectivity index (χ2v) is 4.77. The first-order valence-corrected chi connectivity index (χ1v) is 6.86. The van der Waals surface area contributed by atoms with E-state index in [-0.39, 0.29) is 5.69 Å². The predicted molar refractivity (Wildman–Crippen MR) is 85.4 cm³/mol. The first kappa shape index (κ1) is 14.6. The summed E-state index contributed by atoms with van der Waals surface area (Å²) in [5.41, 5.74) is 0.933. The molecule has 0 fully saturated rings. The van der Waals surface area contributed by atoms with Crippen LogP contribution in [-0.2, 0) is 9.59 Å². The van der Waals surface area contributed by atoms with Crippen LogP contribution >= 0.6 is 0 Å². The molecule has 0 spiro atoms. The van der Waals surface area contributed by atoms with Crippen LogP contribution in [0, 0.1) is 5.82 Å². The lowest BCUT2D eigenvalue weighted by molar-refractivity contribution is -0.133. The molecule has 0 saturated heterocycles. The van der Waals surface area contributed by atoms with Crippen LogP contribution in [0.15, 0.2) is 60.8 Å². The van der Waals surface area contributed by atoms with Crippen LogP contribution in [0.4, 0.5) is 15.8 Å².